The van der Waals surface area contributed by atoms with E-state index in [1.165, 1.54) is 44.9 Å². The van der Waals surface area contributed by atoms with E-state index in [4.69, 9.17) is 25.1 Å². The predicted octanol–water partition coefficient (Wildman–Crippen LogP) is 6.04. The minimum atomic E-state index is -0.625. The van der Waals surface area contributed by atoms with E-state index >= 15 is 0 Å². The fourth-order valence-electron chi connectivity index (χ4n) is 11.8. The molecule has 6 fully saturated rings. The molecule has 11 atom stereocenters. The molecule has 0 aromatic carbocycles. The first kappa shape index (κ1) is 30.9. The quantitative estimate of drug-likeness (QED) is 0.367. The summed E-state index contributed by atoms with van der Waals surface area (Å²) in [6.07, 6.45) is 11.0. The Bertz CT molecular complexity index is 1000. The third kappa shape index (κ3) is 4.60. The summed E-state index contributed by atoms with van der Waals surface area (Å²) >= 11 is 0. The van der Waals surface area contributed by atoms with Crippen molar-refractivity contribution in [3.63, 3.8) is 0 Å². The van der Waals surface area contributed by atoms with Gasteiger partial charge in [-0.2, -0.15) is 0 Å². The summed E-state index contributed by atoms with van der Waals surface area (Å²) in [5, 5.41) is 9.80. The summed E-state index contributed by atoms with van der Waals surface area (Å²) in [5.41, 5.74) is 6.67. The van der Waals surface area contributed by atoms with Gasteiger partial charge in [-0.1, -0.05) is 34.6 Å². The number of ether oxygens (including phenoxy) is 3. The molecule has 0 bridgehead atoms. The number of amides is 2. The van der Waals surface area contributed by atoms with Gasteiger partial charge >= 0.3 is 12.2 Å². The number of nitrogens with one attached hydrogen (secondary N) is 1. The van der Waals surface area contributed by atoms with Crippen LogP contribution in [0.25, 0.3) is 0 Å². The van der Waals surface area contributed by atoms with Crippen molar-refractivity contribution in [3.05, 3.63) is 0 Å². The van der Waals surface area contributed by atoms with Crippen LogP contribution >= 0.6 is 0 Å². The molecule has 1 saturated heterocycles. The number of aliphatic hydroxyl groups is 1. The molecule has 6 aliphatic rings. The van der Waals surface area contributed by atoms with E-state index in [2.05, 4.69) is 39.9 Å². The molecule has 8 heteroatoms. The number of rotatable bonds is 5. The third-order valence-corrected chi connectivity index (χ3v) is 13.4. The first-order valence-corrected chi connectivity index (χ1v) is 16.4. The SMILES string of the molecule is CCNC(=O)O[C@H](C(C)C)C1CCC2C(CC3C4CC[C@H]5C(C)(C)[C@@H](OC(N)=O)CC[C@@]56C[C@@]46CC[C@]23C)O1.CO. The second-order valence-electron chi connectivity index (χ2n) is 15.4. The lowest BCUT2D eigenvalue weighted by Crippen LogP contribution is -2.55. The van der Waals surface area contributed by atoms with Crippen LogP contribution in [0.4, 0.5) is 9.59 Å². The Kier molecular flexibility index (Phi) is 8.19. The van der Waals surface area contributed by atoms with Crippen molar-refractivity contribution in [2.75, 3.05) is 13.7 Å². The van der Waals surface area contributed by atoms with Gasteiger partial charge in [-0.15, -0.1) is 0 Å². The van der Waals surface area contributed by atoms with Crippen LogP contribution in [0.1, 0.15) is 106 Å². The number of hydrogen-bond donors (Lipinski definition) is 3. The highest BCUT2D eigenvalue weighted by molar-refractivity contribution is 5.67. The van der Waals surface area contributed by atoms with Gasteiger partial charge in [-0.25, -0.2) is 9.59 Å². The molecule has 234 valence electrons. The van der Waals surface area contributed by atoms with Gasteiger partial charge in [0.2, 0.25) is 0 Å². The van der Waals surface area contributed by atoms with Crippen molar-refractivity contribution in [1.82, 2.24) is 5.32 Å². The first-order chi connectivity index (χ1) is 19.4. The van der Waals surface area contributed by atoms with E-state index in [0.717, 1.165) is 32.3 Å². The van der Waals surface area contributed by atoms with Crippen LogP contribution in [0.3, 0.4) is 0 Å². The summed E-state index contributed by atoms with van der Waals surface area (Å²) in [4.78, 5) is 24.0. The Morgan fingerprint density at radius 3 is 2.34 bits per heavy atom. The molecular formula is C33H56N2O6. The number of hydrogen-bond acceptors (Lipinski definition) is 6. The molecule has 0 aromatic rings. The highest BCUT2D eigenvalue weighted by Gasteiger charge is 2.80. The molecule has 1 heterocycles. The van der Waals surface area contributed by atoms with E-state index in [-0.39, 0.29) is 41.8 Å². The fraction of sp³-hybridized carbons (Fsp3) is 0.939. The van der Waals surface area contributed by atoms with Gasteiger partial charge in [0.1, 0.15) is 12.2 Å². The van der Waals surface area contributed by atoms with Crippen LogP contribution in [-0.4, -0.2) is 55.4 Å². The van der Waals surface area contributed by atoms with Crippen molar-refractivity contribution >= 4 is 12.2 Å². The van der Waals surface area contributed by atoms with Gasteiger partial charge in [0.15, 0.2) is 0 Å². The zero-order valence-corrected chi connectivity index (χ0v) is 26.5. The molecule has 6 rings (SSSR count). The standard InChI is InChI=1S/C32H52N2O5.CH4O/c1-7-34-28(36)39-26(18(2)3)22-10-8-20-23(37-22)16-21-19-9-11-24-29(4,5)25(38-27(33)35)12-13-32(24)17-31(19,32)15-14-30(20,21)6;1-2/h18-26H,7-17H2,1-6H3,(H2,33,35)(H,34,36);2H,1H3/t19?,20?,21?,22?,23?,24-,25-,26+,30+,31-,32+;/m0./s1. The van der Waals surface area contributed by atoms with E-state index < -0.39 is 6.09 Å². The number of carbonyl (C=O) groups is 2. The number of nitrogens with two attached hydrogens (primary N) is 1. The third-order valence-electron chi connectivity index (χ3n) is 13.4. The van der Waals surface area contributed by atoms with Crippen LogP contribution in [0.2, 0.25) is 0 Å². The van der Waals surface area contributed by atoms with Gasteiger partial charge in [-0.05, 0) is 117 Å². The van der Waals surface area contributed by atoms with Crippen LogP contribution in [0.15, 0.2) is 0 Å². The second kappa shape index (κ2) is 10.9. The number of aliphatic hydroxyl groups excluding tert-OH is 1. The largest absolute Gasteiger partial charge is 0.446 e. The highest BCUT2D eigenvalue weighted by atomic mass is 16.6. The van der Waals surface area contributed by atoms with Gasteiger partial charge in [-0.3, -0.25) is 0 Å². The summed E-state index contributed by atoms with van der Waals surface area (Å²) in [6, 6.07) is 0. The van der Waals surface area contributed by atoms with Gasteiger partial charge in [0.25, 0.3) is 0 Å². The van der Waals surface area contributed by atoms with Gasteiger partial charge in [0, 0.05) is 19.1 Å². The Labute approximate surface area is 247 Å². The lowest BCUT2D eigenvalue weighted by molar-refractivity contribution is -0.148. The maximum Gasteiger partial charge on any atom is 0.407 e. The molecule has 41 heavy (non-hydrogen) atoms. The van der Waals surface area contributed by atoms with Crippen LogP contribution in [0.5, 0.6) is 0 Å². The predicted molar refractivity (Wildman–Crippen MR) is 157 cm³/mol. The average molecular weight is 577 g/mol. The maximum absolute atomic E-state index is 12.3. The minimum Gasteiger partial charge on any atom is -0.446 e. The summed E-state index contributed by atoms with van der Waals surface area (Å²) < 4.78 is 18.5. The number of carbonyl (C=O) groups excluding carboxylic acids is 2. The fourth-order valence-corrected chi connectivity index (χ4v) is 11.8. The molecule has 0 aromatic heterocycles. The number of fused-ring (bicyclic) bond motifs is 4. The highest BCUT2D eigenvalue weighted by Crippen LogP contribution is 2.87. The average Bonchev–Trinajstić information content (AvgIpc) is 3.50. The molecule has 2 spiro atoms. The molecule has 5 unspecified atom stereocenters. The normalized spacial score (nSPS) is 45.7. The van der Waals surface area contributed by atoms with E-state index in [9.17, 15) is 9.59 Å². The number of primary amides is 1. The molecule has 5 saturated carbocycles. The van der Waals surface area contributed by atoms with Crippen LogP contribution < -0.4 is 11.1 Å². The Morgan fingerprint density at radius 2 is 1.68 bits per heavy atom. The van der Waals surface area contributed by atoms with E-state index in [1.807, 2.05) is 6.92 Å². The van der Waals surface area contributed by atoms with Crippen molar-refractivity contribution in [1.29, 1.82) is 0 Å². The first-order valence-electron chi connectivity index (χ1n) is 16.4. The summed E-state index contributed by atoms with van der Waals surface area (Å²) in [5.74, 6) is 2.92. The summed E-state index contributed by atoms with van der Waals surface area (Å²) in [6.45, 7) is 14.0. The zero-order valence-electron chi connectivity index (χ0n) is 26.5. The zero-order chi connectivity index (χ0) is 30.0. The lowest BCUT2D eigenvalue weighted by Gasteiger charge is -2.59. The van der Waals surface area contributed by atoms with E-state index in [0.29, 0.717) is 40.5 Å². The van der Waals surface area contributed by atoms with Gasteiger partial charge < -0.3 is 30.4 Å². The second-order valence-corrected chi connectivity index (χ2v) is 15.4. The Hall–Kier alpha value is -1.54. The van der Waals surface area contributed by atoms with Crippen molar-refractivity contribution in [3.8, 4) is 0 Å². The molecule has 2 amide bonds. The van der Waals surface area contributed by atoms with Gasteiger partial charge in [0.05, 0.1) is 12.2 Å². The van der Waals surface area contributed by atoms with Crippen LogP contribution in [-0.2, 0) is 14.2 Å². The van der Waals surface area contributed by atoms with Crippen molar-refractivity contribution in [2.24, 2.45) is 57.0 Å². The smallest absolute Gasteiger partial charge is 0.407 e. The minimum absolute atomic E-state index is 0.0177. The number of alkyl carbamates (subject to hydrolysis) is 1. The molecule has 4 N–H and O–H groups in total. The van der Waals surface area contributed by atoms with Crippen molar-refractivity contribution < 1.29 is 28.9 Å². The topological polar surface area (TPSA) is 120 Å². The monoisotopic (exact) mass is 576 g/mol. The molecule has 5 aliphatic carbocycles. The lowest BCUT2D eigenvalue weighted by atomic mass is 9.46. The van der Waals surface area contributed by atoms with E-state index in [1.54, 1.807) is 0 Å². The molecular weight excluding hydrogens is 520 g/mol. The maximum atomic E-state index is 12.3. The molecule has 8 nitrogen and oxygen atoms in total. The Balaban J connectivity index is 0.00000165. The molecule has 0 radical (unpaired) electrons. The Morgan fingerprint density at radius 1 is 0.976 bits per heavy atom. The van der Waals surface area contributed by atoms with Crippen molar-refractivity contribution in [2.45, 2.75) is 130 Å². The van der Waals surface area contributed by atoms with Crippen LogP contribution in [0, 0.1) is 51.2 Å². The summed E-state index contributed by atoms with van der Waals surface area (Å²) in [7, 11) is 1.00. The molecule has 1 aliphatic heterocycles.